The predicted molar refractivity (Wildman–Crippen MR) is 110 cm³/mol. The smallest absolute Gasteiger partial charge is 0.137 e. The number of para-hydroxylation sites is 1. The monoisotopic (exact) mass is 426 g/mol. The lowest BCUT2D eigenvalue weighted by atomic mass is 10.3. The van der Waals surface area contributed by atoms with E-state index in [-0.39, 0.29) is 5.25 Å². The van der Waals surface area contributed by atoms with Crippen LogP contribution in [0.1, 0.15) is 5.82 Å². The number of imidazole rings is 1. The fourth-order valence-electron chi connectivity index (χ4n) is 2.45. The molecule has 0 aliphatic carbocycles. The minimum atomic E-state index is 0.0663. The van der Waals surface area contributed by atoms with Crippen molar-refractivity contribution in [3.63, 3.8) is 0 Å². The number of hydrogen-bond acceptors (Lipinski definition) is 3. The van der Waals surface area contributed by atoms with Crippen molar-refractivity contribution < 1.29 is 4.74 Å². The Hall–Kier alpha value is -1.33. The van der Waals surface area contributed by atoms with E-state index >= 15 is 0 Å². The third kappa shape index (κ3) is 4.89. The van der Waals surface area contributed by atoms with Gasteiger partial charge in [0.15, 0.2) is 0 Å². The summed E-state index contributed by atoms with van der Waals surface area (Å²) in [5, 5.41) is 1.92. The Kier molecular flexibility index (Phi) is 6.76. The van der Waals surface area contributed by atoms with Crippen LogP contribution in [0.5, 0.6) is 5.75 Å². The number of nitrogens with zero attached hydrogens (tertiary/aromatic N) is 2. The normalized spacial score (nSPS) is 12.2. The summed E-state index contributed by atoms with van der Waals surface area (Å²) in [7, 11) is 0. The van der Waals surface area contributed by atoms with E-state index in [2.05, 4.69) is 9.55 Å². The maximum Gasteiger partial charge on any atom is 0.137 e. The number of thioether (sulfide) groups is 1. The predicted octanol–water partition coefficient (Wildman–Crippen LogP) is 6.39. The second-order valence-corrected chi connectivity index (χ2v) is 8.19. The van der Waals surface area contributed by atoms with Crippen molar-refractivity contribution in [2.75, 3.05) is 6.61 Å². The van der Waals surface area contributed by atoms with E-state index in [1.165, 1.54) is 0 Å². The van der Waals surface area contributed by atoms with Crippen molar-refractivity contribution in [2.24, 2.45) is 0 Å². The maximum absolute atomic E-state index is 6.34. The van der Waals surface area contributed by atoms with Gasteiger partial charge in [0, 0.05) is 23.8 Å². The molecule has 7 heteroatoms. The number of aryl methyl sites for hydroxylation is 1. The van der Waals surface area contributed by atoms with Gasteiger partial charge in [0.1, 0.15) is 18.2 Å². The molecule has 1 aromatic heterocycles. The maximum atomic E-state index is 6.34. The van der Waals surface area contributed by atoms with Gasteiger partial charge in [0.25, 0.3) is 0 Å². The van der Waals surface area contributed by atoms with Crippen LogP contribution in [0.15, 0.2) is 59.8 Å². The Morgan fingerprint density at radius 3 is 2.38 bits per heavy atom. The SMILES string of the molecule is Cc1nccn1CC(COc1ccccc1Cl)Sc1c(Cl)cccc1Cl. The average Bonchev–Trinajstić information content (AvgIpc) is 3.02. The molecule has 2 aromatic carbocycles. The van der Waals surface area contributed by atoms with Crippen LogP contribution in [0.2, 0.25) is 15.1 Å². The second kappa shape index (κ2) is 9.05. The molecule has 0 amide bonds. The molecule has 3 nitrogen and oxygen atoms in total. The molecule has 0 N–H and O–H groups in total. The van der Waals surface area contributed by atoms with Crippen LogP contribution >= 0.6 is 46.6 Å². The van der Waals surface area contributed by atoms with E-state index in [0.717, 1.165) is 10.7 Å². The molecule has 1 unspecified atom stereocenters. The van der Waals surface area contributed by atoms with Crippen LogP contribution < -0.4 is 4.74 Å². The first-order chi connectivity index (χ1) is 12.5. The second-order valence-electron chi connectivity index (χ2n) is 5.66. The molecule has 0 saturated carbocycles. The van der Waals surface area contributed by atoms with Gasteiger partial charge in [0.05, 0.1) is 20.3 Å². The summed E-state index contributed by atoms with van der Waals surface area (Å²) in [6.07, 6.45) is 3.74. The van der Waals surface area contributed by atoms with E-state index < -0.39 is 0 Å². The van der Waals surface area contributed by atoms with Crippen LogP contribution in [0.3, 0.4) is 0 Å². The molecule has 0 fully saturated rings. The number of benzene rings is 2. The van der Waals surface area contributed by atoms with Crippen molar-refractivity contribution in [1.82, 2.24) is 9.55 Å². The van der Waals surface area contributed by atoms with Gasteiger partial charge in [-0.3, -0.25) is 0 Å². The number of hydrogen-bond donors (Lipinski definition) is 0. The molecule has 0 aliphatic heterocycles. The molecule has 1 atom stereocenters. The summed E-state index contributed by atoms with van der Waals surface area (Å²) in [4.78, 5) is 5.13. The Labute approximate surface area is 172 Å². The summed E-state index contributed by atoms with van der Waals surface area (Å²) in [5.41, 5.74) is 0. The molecule has 136 valence electrons. The molecular weight excluding hydrogens is 411 g/mol. The first-order valence-corrected chi connectivity index (χ1v) is 10.0. The fourth-order valence-corrected chi connectivity index (χ4v) is 4.37. The third-order valence-electron chi connectivity index (χ3n) is 3.79. The van der Waals surface area contributed by atoms with Gasteiger partial charge < -0.3 is 9.30 Å². The van der Waals surface area contributed by atoms with Crippen LogP contribution in [0.4, 0.5) is 0 Å². The van der Waals surface area contributed by atoms with Crippen LogP contribution in [-0.2, 0) is 6.54 Å². The van der Waals surface area contributed by atoms with Gasteiger partial charge in [-0.25, -0.2) is 4.98 Å². The van der Waals surface area contributed by atoms with Crippen molar-refractivity contribution in [3.05, 3.63) is 75.8 Å². The van der Waals surface area contributed by atoms with Crippen LogP contribution in [-0.4, -0.2) is 21.4 Å². The molecular formula is C19H17Cl3N2OS. The lowest BCUT2D eigenvalue weighted by molar-refractivity contribution is 0.307. The van der Waals surface area contributed by atoms with E-state index in [9.17, 15) is 0 Å². The van der Waals surface area contributed by atoms with Gasteiger partial charge in [-0.2, -0.15) is 0 Å². The third-order valence-corrected chi connectivity index (χ3v) is 6.25. The highest BCUT2D eigenvalue weighted by molar-refractivity contribution is 8.00. The minimum absolute atomic E-state index is 0.0663. The standard InChI is InChI=1S/C19H17Cl3N2OS/c1-13-23-9-10-24(13)11-14(12-25-18-8-3-2-5-15(18)20)26-19-16(21)6-4-7-17(19)22/h2-10,14H,11-12H2,1H3. The Morgan fingerprint density at radius 1 is 1.04 bits per heavy atom. The largest absolute Gasteiger partial charge is 0.491 e. The van der Waals surface area contributed by atoms with E-state index in [4.69, 9.17) is 39.5 Å². The minimum Gasteiger partial charge on any atom is -0.491 e. The summed E-state index contributed by atoms with van der Waals surface area (Å²) in [6, 6.07) is 12.9. The number of rotatable bonds is 7. The van der Waals surface area contributed by atoms with Crippen LogP contribution in [0, 0.1) is 6.92 Å². The molecule has 26 heavy (non-hydrogen) atoms. The van der Waals surface area contributed by atoms with Gasteiger partial charge in [-0.05, 0) is 31.2 Å². The molecule has 0 spiro atoms. The molecule has 3 rings (SSSR count). The average molecular weight is 428 g/mol. The molecule has 1 heterocycles. The first kappa shape index (κ1) is 19.4. The van der Waals surface area contributed by atoms with E-state index in [0.29, 0.717) is 34.0 Å². The quantitative estimate of drug-likeness (QED) is 0.409. The van der Waals surface area contributed by atoms with Gasteiger partial charge in [-0.1, -0.05) is 53.0 Å². The number of halogens is 3. The lowest BCUT2D eigenvalue weighted by Gasteiger charge is -2.20. The van der Waals surface area contributed by atoms with E-state index in [1.807, 2.05) is 55.6 Å². The molecule has 0 bridgehead atoms. The van der Waals surface area contributed by atoms with Crippen molar-refractivity contribution in [1.29, 1.82) is 0 Å². The lowest BCUT2D eigenvalue weighted by Crippen LogP contribution is -2.21. The summed E-state index contributed by atoms with van der Waals surface area (Å²) >= 11 is 20.5. The van der Waals surface area contributed by atoms with Gasteiger partial charge >= 0.3 is 0 Å². The number of aromatic nitrogens is 2. The summed E-state index contributed by atoms with van der Waals surface area (Å²) in [5.74, 6) is 1.60. The summed E-state index contributed by atoms with van der Waals surface area (Å²) in [6.45, 7) is 3.13. The zero-order valence-electron chi connectivity index (χ0n) is 14.0. The van der Waals surface area contributed by atoms with Gasteiger partial charge in [-0.15, -0.1) is 11.8 Å². The Morgan fingerprint density at radius 2 is 1.73 bits per heavy atom. The topological polar surface area (TPSA) is 27.1 Å². The Balaban J connectivity index is 1.79. The highest BCUT2D eigenvalue weighted by Crippen LogP contribution is 2.37. The molecule has 0 radical (unpaired) electrons. The first-order valence-electron chi connectivity index (χ1n) is 8.00. The van der Waals surface area contributed by atoms with Crippen molar-refractivity contribution >= 4 is 46.6 Å². The molecule has 0 saturated heterocycles. The van der Waals surface area contributed by atoms with Crippen LogP contribution in [0.25, 0.3) is 0 Å². The molecule has 0 aliphatic rings. The fraction of sp³-hybridized carbons (Fsp3) is 0.211. The highest BCUT2D eigenvalue weighted by atomic mass is 35.5. The van der Waals surface area contributed by atoms with E-state index in [1.54, 1.807) is 18.0 Å². The zero-order chi connectivity index (χ0) is 18.5. The Bertz CT molecular complexity index is 864. The highest BCUT2D eigenvalue weighted by Gasteiger charge is 2.18. The van der Waals surface area contributed by atoms with Crippen molar-refractivity contribution in [3.8, 4) is 5.75 Å². The zero-order valence-corrected chi connectivity index (χ0v) is 17.1. The molecule has 3 aromatic rings. The van der Waals surface area contributed by atoms with Crippen molar-refractivity contribution in [2.45, 2.75) is 23.6 Å². The number of ether oxygens (including phenoxy) is 1. The van der Waals surface area contributed by atoms with Gasteiger partial charge in [0.2, 0.25) is 0 Å². The summed E-state index contributed by atoms with van der Waals surface area (Å²) < 4.78 is 8.05.